The number of hydrogen-bond acceptors (Lipinski definition) is 3. The molecule has 4 heteroatoms. The normalized spacial score (nSPS) is 11.3. The van der Waals surface area contributed by atoms with Crippen LogP contribution in [-0.2, 0) is 0 Å². The van der Waals surface area contributed by atoms with E-state index < -0.39 is 0 Å². The van der Waals surface area contributed by atoms with Gasteiger partial charge >= 0.3 is 0 Å². The summed E-state index contributed by atoms with van der Waals surface area (Å²) in [5, 5.41) is 2.43. The van der Waals surface area contributed by atoms with E-state index in [4.69, 9.17) is 5.73 Å². The quantitative estimate of drug-likeness (QED) is 0.629. The highest BCUT2D eigenvalue weighted by Gasteiger charge is 2.05. The molecule has 0 atom stereocenters. The van der Waals surface area contributed by atoms with Crippen LogP contribution in [0, 0.1) is 5.82 Å². The van der Waals surface area contributed by atoms with Crippen molar-refractivity contribution in [3.05, 3.63) is 36.1 Å². The largest absolute Gasteiger partial charge is 0.375 e. The number of nitrogen functional groups attached to an aromatic ring is 1. The van der Waals surface area contributed by atoms with Crippen LogP contribution in [0.2, 0.25) is 0 Å². The van der Waals surface area contributed by atoms with Crippen molar-refractivity contribution in [1.29, 1.82) is 0 Å². The van der Waals surface area contributed by atoms with Crippen LogP contribution < -0.4 is 5.73 Å². The van der Waals surface area contributed by atoms with Crippen LogP contribution in [0.1, 0.15) is 0 Å². The summed E-state index contributed by atoms with van der Waals surface area (Å²) < 4.78 is 14.0. The predicted octanol–water partition coefficient (Wildman–Crippen LogP) is 3.17. The third kappa shape index (κ3) is 1.26. The molecule has 1 heterocycles. The highest BCUT2D eigenvalue weighted by atomic mass is 32.1. The fraction of sp³-hybridized carbons (Fsp3) is 0. The van der Waals surface area contributed by atoms with E-state index in [9.17, 15) is 4.39 Å². The third-order valence-corrected chi connectivity index (χ3v) is 3.28. The van der Waals surface area contributed by atoms with Crippen LogP contribution in [-0.4, -0.2) is 4.98 Å². The number of hydrogen-bond donors (Lipinski definition) is 1. The first kappa shape index (κ1) is 8.61. The van der Waals surface area contributed by atoms with Gasteiger partial charge in [-0.1, -0.05) is 17.4 Å². The first-order valence-electron chi connectivity index (χ1n) is 4.48. The summed E-state index contributed by atoms with van der Waals surface area (Å²) >= 11 is 1.43. The van der Waals surface area contributed by atoms with Gasteiger partial charge in [0.15, 0.2) is 5.13 Å². The summed E-state index contributed by atoms with van der Waals surface area (Å²) in [7, 11) is 0. The second-order valence-electron chi connectivity index (χ2n) is 3.33. The van der Waals surface area contributed by atoms with Crippen molar-refractivity contribution >= 4 is 37.5 Å². The Kier molecular flexibility index (Phi) is 1.67. The Morgan fingerprint density at radius 3 is 2.93 bits per heavy atom. The van der Waals surface area contributed by atoms with E-state index in [1.165, 1.54) is 23.5 Å². The number of rotatable bonds is 0. The molecule has 0 spiro atoms. The van der Waals surface area contributed by atoms with E-state index in [-0.39, 0.29) is 5.82 Å². The van der Waals surface area contributed by atoms with E-state index in [0.29, 0.717) is 5.13 Å². The molecule has 3 aromatic rings. The first-order chi connectivity index (χ1) is 7.24. The molecule has 0 aliphatic rings. The molecule has 2 aromatic carbocycles. The van der Waals surface area contributed by atoms with E-state index >= 15 is 0 Å². The maximum absolute atomic E-state index is 13.0. The van der Waals surface area contributed by atoms with Crippen molar-refractivity contribution in [3.63, 3.8) is 0 Å². The molecular formula is C11H7FN2S. The van der Waals surface area contributed by atoms with Crippen molar-refractivity contribution in [1.82, 2.24) is 4.98 Å². The zero-order valence-electron chi connectivity index (χ0n) is 7.70. The summed E-state index contributed by atoms with van der Waals surface area (Å²) in [6.45, 7) is 0. The Labute approximate surface area is 89.2 Å². The number of benzene rings is 2. The van der Waals surface area contributed by atoms with Gasteiger partial charge < -0.3 is 5.73 Å². The van der Waals surface area contributed by atoms with Crippen LogP contribution >= 0.6 is 11.3 Å². The van der Waals surface area contributed by atoms with Gasteiger partial charge in [0, 0.05) is 5.39 Å². The standard InChI is InChI=1S/C11H7FN2S/c12-7-2-3-8-6(5-7)1-4-9-10(8)15-11(13)14-9/h1-5H,(H2,13,14). The molecule has 1 aromatic heterocycles. The molecule has 2 nitrogen and oxygen atoms in total. The van der Waals surface area contributed by atoms with E-state index in [2.05, 4.69) is 4.98 Å². The lowest BCUT2D eigenvalue weighted by Crippen LogP contribution is -1.79. The van der Waals surface area contributed by atoms with Crippen LogP contribution in [0.25, 0.3) is 21.0 Å². The number of thiazole rings is 1. The Morgan fingerprint density at radius 2 is 2.07 bits per heavy atom. The van der Waals surface area contributed by atoms with Crippen LogP contribution in [0.4, 0.5) is 9.52 Å². The smallest absolute Gasteiger partial charge is 0.181 e. The van der Waals surface area contributed by atoms with Gasteiger partial charge in [0.05, 0.1) is 10.2 Å². The van der Waals surface area contributed by atoms with Crippen molar-refractivity contribution < 1.29 is 4.39 Å². The number of anilines is 1. The Balaban J connectivity index is 2.53. The molecule has 15 heavy (non-hydrogen) atoms. The van der Waals surface area contributed by atoms with E-state index in [1.54, 1.807) is 6.07 Å². The minimum absolute atomic E-state index is 0.223. The lowest BCUT2D eigenvalue weighted by molar-refractivity contribution is 0.630. The van der Waals surface area contributed by atoms with E-state index in [1.807, 2.05) is 12.1 Å². The van der Waals surface area contributed by atoms with Crippen LogP contribution in [0.5, 0.6) is 0 Å². The molecule has 0 unspecified atom stereocenters. The average Bonchev–Trinajstić information content (AvgIpc) is 2.58. The fourth-order valence-corrected chi connectivity index (χ4v) is 2.57. The molecule has 3 rings (SSSR count). The maximum Gasteiger partial charge on any atom is 0.181 e. The Morgan fingerprint density at radius 1 is 1.20 bits per heavy atom. The summed E-state index contributed by atoms with van der Waals surface area (Å²) in [6, 6.07) is 8.47. The zero-order chi connectivity index (χ0) is 10.4. The van der Waals surface area contributed by atoms with Gasteiger partial charge in [-0.15, -0.1) is 0 Å². The van der Waals surface area contributed by atoms with Crippen molar-refractivity contribution in [3.8, 4) is 0 Å². The van der Waals surface area contributed by atoms with Crippen LogP contribution in [0.3, 0.4) is 0 Å². The second-order valence-corrected chi connectivity index (χ2v) is 4.36. The molecular weight excluding hydrogens is 211 g/mol. The topological polar surface area (TPSA) is 38.9 Å². The summed E-state index contributed by atoms with van der Waals surface area (Å²) in [4.78, 5) is 4.19. The van der Waals surface area contributed by atoms with Crippen LogP contribution in [0.15, 0.2) is 30.3 Å². The number of nitrogens with two attached hydrogens (primary N) is 1. The van der Waals surface area contributed by atoms with Crippen molar-refractivity contribution in [2.75, 3.05) is 5.73 Å². The van der Waals surface area contributed by atoms with Gasteiger partial charge in [-0.05, 0) is 29.7 Å². The lowest BCUT2D eigenvalue weighted by Gasteiger charge is -1.97. The van der Waals surface area contributed by atoms with Crippen molar-refractivity contribution in [2.24, 2.45) is 0 Å². The SMILES string of the molecule is Nc1nc2ccc3cc(F)ccc3c2s1. The fourth-order valence-electron chi connectivity index (χ4n) is 1.70. The molecule has 0 amide bonds. The molecule has 0 bridgehead atoms. The lowest BCUT2D eigenvalue weighted by atomic mass is 10.1. The van der Waals surface area contributed by atoms with Gasteiger partial charge in [0.1, 0.15) is 5.82 Å². The molecule has 0 aliphatic heterocycles. The Bertz CT molecular complexity index is 660. The highest BCUT2D eigenvalue weighted by Crippen LogP contribution is 2.31. The minimum Gasteiger partial charge on any atom is -0.375 e. The molecule has 0 radical (unpaired) electrons. The number of fused-ring (bicyclic) bond motifs is 3. The molecule has 0 fully saturated rings. The first-order valence-corrected chi connectivity index (χ1v) is 5.30. The highest BCUT2D eigenvalue weighted by molar-refractivity contribution is 7.23. The van der Waals surface area contributed by atoms with Gasteiger partial charge in [-0.3, -0.25) is 0 Å². The second kappa shape index (κ2) is 2.90. The number of aromatic nitrogens is 1. The molecule has 74 valence electrons. The summed E-state index contributed by atoms with van der Waals surface area (Å²) in [5.41, 5.74) is 6.52. The predicted molar refractivity (Wildman–Crippen MR) is 61.5 cm³/mol. The van der Waals surface area contributed by atoms with Gasteiger partial charge in [0.2, 0.25) is 0 Å². The minimum atomic E-state index is -0.223. The van der Waals surface area contributed by atoms with E-state index in [0.717, 1.165) is 21.0 Å². The molecule has 2 N–H and O–H groups in total. The van der Waals surface area contributed by atoms with Crippen molar-refractivity contribution in [2.45, 2.75) is 0 Å². The molecule has 0 aliphatic carbocycles. The summed E-state index contributed by atoms with van der Waals surface area (Å²) in [6.07, 6.45) is 0. The van der Waals surface area contributed by atoms with Gasteiger partial charge in [-0.2, -0.15) is 0 Å². The molecule has 0 saturated heterocycles. The molecule has 0 saturated carbocycles. The summed E-state index contributed by atoms with van der Waals surface area (Å²) in [5.74, 6) is -0.223. The van der Waals surface area contributed by atoms with Gasteiger partial charge in [0.25, 0.3) is 0 Å². The van der Waals surface area contributed by atoms with Gasteiger partial charge in [-0.25, -0.2) is 9.37 Å². The average molecular weight is 218 g/mol. The zero-order valence-corrected chi connectivity index (χ0v) is 8.51. The number of halogens is 1. The third-order valence-electron chi connectivity index (χ3n) is 2.35. The Hall–Kier alpha value is -1.68. The monoisotopic (exact) mass is 218 g/mol. The maximum atomic E-state index is 13.0. The number of nitrogens with zero attached hydrogens (tertiary/aromatic N) is 1.